The summed E-state index contributed by atoms with van der Waals surface area (Å²) in [5.41, 5.74) is 2.53. The molecule has 0 aromatic heterocycles. The Labute approximate surface area is 92.6 Å². The number of benzene rings is 1. The Bertz CT molecular complexity index is 268. The molecular weight excluding hydrogens is 186 g/mol. The van der Waals surface area contributed by atoms with Crippen molar-refractivity contribution >= 4 is 0 Å². The molecule has 0 aliphatic heterocycles. The highest BCUT2D eigenvalue weighted by atomic mass is 16.5. The lowest BCUT2D eigenvalue weighted by molar-refractivity contribution is 0.102. The smallest absolute Gasteiger partial charge is 0.0945 e. The fraction of sp³-hybridized carbons (Fsp3) is 0.538. The number of rotatable bonds is 6. The number of methoxy groups -OCH3 is 1. The number of hydrogen-bond donors (Lipinski definition) is 1. The Kier molecular flexibility index (Phi) is 5.37. The Hall–Kier alpha value is -0.860. The molecule has 0 bridgehead atoms. The van der Waals surface area contributed by atoms with Crippen molar-refractivity contribution in [1.29, 1.82) is 0 Å². The van der Waals surface area contributed by atoms with Crippen LogP contribution in [0.1, 0.15) is 30.6 Å². The fourth-order valence-corrected chi connectivity index (χ4v) is 1.53. The van der Waals surface area contributed by atoms with Crippen LogP contribution in [0.15, 0.2) is 24.3 Å². The van der Waals surface area contributed by atoms with E-state index in [1.165, 1.54) is 11.1 Å². The van der Waals surface area contributed by atoms with Gasteiger partial charge in [-0.05, 0) is 25.5 Å². The van der Waals surface area contributed by atoms with Gasteiger partial charge in [-0.3, -0.25) is 0 Å². The molecule has 1 unspecified atom stereocenters. The van der Waals surface area contributed by atoms with E-state index in [2.05, 4.69) is 43.4 Å². The van der Waals surface area contributed by atoms with Crippen molar-refractivity contribution < 1.29 is 4.74 Å². The van der Waals surface area contributed by atoms with Crippen LogP contribution in [-0.2, 0) is 4.74 Å². The van der Waals surface area contributed by atoms with E-state index >= 15 is 0 Å². The molecule has 0 saturated heterocycles. The van der Waals surface area contributed by atoms with Crippen LogP contribution in [0.25, 0.3) is 0 Å². The van der Waals surface area contributed by atoms with E-state index in [0.29, 0.717) is 0 Å². The molecule has 84 valence electrons. The maximum absolute atomic E-state index is 5.46. The molecule has 0 radical (unpaired) electrons. The third-order valence-corrected chi connectivity index (χ3v) is 2.49. The van der Waals surface area contributed by atoms with Gasteiger partial charge in [0.1, 0.15) is 0 Å². The van der Waals surface area contributed by atoms with Gasteiger partial charge >= 0.3 is 0 Å². The van der Waals surface area contributed by atoms with E-state index in [1.54, 1.807) is 7.11 Å². The van der Waals surface area contributed by atoms with Gasteiger partial charge in [0, 0.05) is 13.7 Å². The molecule has 0 amide bonds. The van der Waals surface area contributed by atoms with E-state index in [1.807, 2.05) is 0 Å². The van der Waals surface area contributed by atoms with Gasteiger partial charge in [-0.2, -0.15) is 0 Å². The molecular formula is C13H21NO. The van der Waals surface area contributed by atoms with Gasteiger partial charge in [0.05, 0.1) is 6.10 Å². The van der Waals surface area contributed by atoms with E-state index in [4.69, 9.17) is 4.74 Å². The van der Waals surface area contributed by atoms with Gasteiger partial charge < -0.3 is 10.1 Å². The zero-order chi connectivity index (χ0) is 11.1. The van der Waals surface area contributed by atoms with Crippen LogP contribution < -0.4 is 5.32 Å². The van der Waals surface area contributed by atoms with Gasteiger partial charge in [-0.1, -0.05) is 36.8 Å². The minimum atomic E-state index is 0.164. The standard InChI is InChI=1S/C13H21NO/c1-4-9-14-10-13(15-3)12-7-5-11(2)6-8-12/h5-8,13-14H,4,9-10H2,1-3H3. The summed E-state index contributed by atoms with van der Waals surface area (Å²) in [4.78, 5) is 0. The predicted molar refractivity (Wildman–Crippen MR) is 64.1 cm³/mol. The van der Waals surface area contributed by atoms with Crippen molar-refractivity contribution in [2.75, 3.05) is 20.2 Å². The molecule has 15 heavy (non-hydrogen) atoms. The summed E-state index contributed by atoms with van der Waals surface area (Å²) in [6, 6.07) is 8.52. The zero-order valence-electron chi connectivity index (χ0n) is 9.92. The first-order valence-corrected chi connectivity index (χ1v) is 5.58. The van der Waals surface area contributed by atoms with Gasteiger partial charge in [-0.25, -0.2) is 0 Å². The molecule has 0 fully saturated rings. The van der Waals surface area contributed by atoms with Crippen molar-refractivity contribution in [3.8, 4) is 0 Å². The van der Waals surface area contributed by atoms with Crippen LogP contribution in [0, 0.1) is 6.92 Å². The monoisotopic (exact) mass is 207 g/mol. The maximum Gasteiger partial charge on any atom is 0.0945 e. The van der Waals surface area contributed by atoms with Crippen molar-refractivity contribution in [2.24, 2.45) is 0 Å². The molecule has 1 atom stereocenters. The maximum atomic E-state index is 5.46. The lowest BCUT2D eigenvalue weighted by Crippen LogP contribution is -2.23. The summed E-state index contributed by atoms with van der Waals surface area (Å²) in [6.07, 6.45) is 1.32. The summed E-state index contributed by atoms with van der Waals surface area (Å²) >= 11 is 0. The topological polar surface area (TPSA) is 21.3 Å². The lowest BCUT2D eigenvalue weighted by Gasteiger charge is -2.16. The van der Waals surface area contributed by atoms with E-state index < -0.39 is 0 Å². The third-order valence-electron chi connectivity index (χ3n) is 2.49. The molecule has 0 heterocycles. The second kappa shape index (κ2) is 6.59. The van der Waals surface area contributed by atoms with E-state index in [0.717, 1.165) is 19.5 Å². The van der Waals surface area contributed by atoms with Crippen molar-refractivity contribution in [3.63, 3.8) is 0 Å². The second-order valence-corrected chi connectivity index (χ2v) is 3.84. The quantitative estimate of drug-likeness (QED) is 0.724. The molecule has 1 aromatic rings. The number of nitrogens with one attached hydrogen (secondary N) is 1. The van der Waals surface area contributed by atoms with Crippen molar-refractivity contribution in [3.05, 3.63) is 35.4 Å². The van der Waals surface area contributed by atoms with Gasteiger partial charge in [-0.15, -0.1) is 0 Å². The van der Waals surface area contributed by atoms with E-state index in [-0.39, 0.29) is 6.10 Å². The average Bonchev–Trinajstić information content (AvgIpc) is 2.26. The Morgan fingerprint density at radius 1 is 1.27 bits per heavy atom. The molecule has 2 nitrogen and oxygen atoms in total. The lowest BCUT2D eigenvalue weighted by atomic mass is 10.1. The summed E-state index contributed by atoms with van der Waals surface area (Å²) in [5, 5.41) is 3.37. The van der Waals surface area contributed by atoms with Gasteiger partial charge in [0.15, 0.2) is 0 Å². The molecule has 1 rings (SSSR count). The predicted octanol–water partition coefficient (Wildman–Crippen LogP) is 2.68. The normalized spacial score (nSPS) is 12.7. The largest absolute Gasteiger partial charge is 0.375 e. The van der Waals surface area contributed by atoms with Gasteiger partial charge in [0.25, 0.3) is 0 Å². The summed E-state index contributed by atoms with van der Waals surface area (Å²) in [7, 11) is 1.76. The molecule has 1 aromatic carbocycles. The Balaban J connectivity index is 2.53. The first-order chi connectivity index (χ1) is 7.27. The highest BCUT2D eigenvalue weighted by molar-refractivity contribution is 5.23. The van der Waals surface area contributed by atoms with E-state index in [9.17, 15) is 0 Å². The molecule has 0 aliphatic carbocycles. The summed E-state index contributed by atoms with van der Waals surface area (Å²) in [5.74, 6) is 0. The minimum Gasteiger partial charge on any atom is -0.375 e. The first-order valence-electron chi connectivity index (χ1n) is 5.58. The zero-order valence-corrected chi connectivity index (χ0v) is 9.92. The van der Waals surface area contributed by atoms with Crippen molar-refractivity contribution in [2.45, 2.75) is 26.4 Å². The summed E-state index contributed by atoms with van der Waals surface area (Å²) in [6.45, 7) is 6.20. The molecule has 0 aliphatic rings. The first kappa shape index (κ1) is 12.2. The van der Waals surface area contributed by atoms with Crippen LogP contribution in [0.2, 0.25) is 0 Å². The fourth-order valence-electron chi connectivity index (χ4n) is 1.53. The third kappa shape index (κ3) is 4.02. The Morgan fingerprint density at radius 2 is 1.93 bits per heavy atom. The Morgan fingerprint density at radius 3 is 2.47 bits per heavy atom. The average molecular weight is 207 g/mol. The van der Waals surface area contributed by atoms with Gasteiger partial charge in [0.2, 0.25) is 0 Å². The van der Waals surface area contributed by atoms with Crippen LogP contribution in [0.5, 0.6) is 0 Å². The molecule has 1 N–H and O–H groups in total. The molecule has 2 heteroatoms. The van der Waals surface area contributed by atoms with Crippen LogP contribution >= 0.6 is 0 Å². The highest BCUT2D eigenvalue weighted by Crippen LogP contribution is 2.16. The summed E-state index contributed by atoms with van der Waals surface area (Å²) < 4.78 is 5.46. The number of hydrogen-bond acceptors (Lipinski definition) is 2. The minimum absolute atomic E-state index is 0.164. The van der Waals surface area contributed by atoms with Crippen LogP contribution in [0.3, 0.4) is 0 Å². The molecule has 0 spiro atoms. The van der Waals surface area contributed by atoms with Crippen LogP contribution in [0.4, 0.5) is 0 Å². The second-order valence-electron chi connectivity index (χ2n) is 3.84. The van der Waals surface area contributed by atoms with Crippen molar-refractivity contribution in [1.82, 2.24) is 5.32 Å². The SMILES string of the molecule is CCCNCC(OC)c1ccc(C)cc1. The molecule has 0 saturated carbocycles. The number of aryl methyl sites for hydroxylation is 1. The highest BCUT2D eigenvalue weighted by Gasteiger charge is 2.08. The number of ether oxygens (including phenoxy) is 1. The van der Waals surface area contributed by atoms with Crippen LogP contribution in [-0.4, -0.2) is 20.2 Å².